The molecule has 0 radical (unpaired) electrons. The van der Waals surface area contributed by atoms with E-state index in [4.69, 9.17) is 5.73 Å². The fourth-order valence-electron chi connectivity index (χ4n) is 1.13. The maximum Gasteiger partial charge on any atom is 0.205 e. The number of hydrogen-bond donors (Lipinski definition) is 2. The quantitative estimate of drug-likeness (QED) is 0.331. The van der Waals surface area contributed by atoms with E-state index in [1.165, 1.54) is 23.6 Å². The Hall–Kier alpha value is -0.740. The fraction of sp³-hybridized carbons (Fsp3) is 0. The molecule has 0 atom stereocenters. The summed E-state index contributed by atoms with van der Waals surface area (Å²) in [6, 6.07) is 3.10. The molecule has 1 aromatic carbocycles. The second-order valence-electron chi connectivity index (χ2n) is 3.24. The molecule has 0 amide bonds. The second kappa shape index (κ2) is 5.93. The van der Waals surface area contributed by atoms with Gasteiger partial charge in [0.1, 0.15) is 11.6 Å². The summed E-state index contributed by atoms with van der Waals surface area (Å²) in [5.41, 5.74) is 8.56. The third kappa shape index (κ3) is 3.39. The Labute approximate surface area is 129 Å². The highest BCUT2D eigenvalue weighted by Gasteiger charge is 2.04. The van der Waals surface area contributed by atoms with Crippen molar-refractivity contribution in [3.05, 3.63) is 36.9 Å². The minimum absolute atomic E-state index is 0.341. The van der Waals surface area contributed by atoms with Gasteiger partial charge < -0.3 is 5.73 Å². The lowest BCUT2D eigenvalue weighted by Crippen LogP contribution is -1.94. The molecule has 0 bridgehead atoms. The van der Waals surface area contributed by atoms with Crippen molar-refractivity contribution in [1.82, 2.24) is 4.98 Å². The molecule has 0 saturated carbocycles. The van der Waals surface area contributed by atoms with Gasteiger partial charge in [0, 0.05) is 19.0 Å². The van der Waals surface area contributed by atoms with Gasteiger partial charge in [-0.05, 0) is 50.7 Å². The van der Waals surface area contributed by atoms with Gasteiger partial charge in [0.25, 0.3) is 0 Å². The van der Waals surface area contributed by atoms with E-state index >= 15 is 0 Å². The Balaban J connectivity index is 2.11. The molecule has 1 heterocycles. The molecule has 0 fully saturated rings. The van der Waals surface area contributed by atoms with Gasteiger partial charge in [-0.15, -0.1) is 11.3 Å². The fourth-order valence-corrected chi connectivity index (χ4v) is 2.49. The number of anilines is 2. The van der Waals surface area contributed by atoms with E-state index < -0.39 is 0 Å². The number of nitrogens with one attached hydrogen (secondary N) is 1. The number of hydrazone groups is 1. The zero-order valence-corrected chi connectivity index (χ0v) is 13.4. The van der Waals surface area contributed by atoms with Crippen LogP contribution in [0.15, 0.2) is 27.1 Å². The number of thiazole rings is 1. The van der Waals surface area contributed by atoms with E-state index in [1.807, 2.05) is 0 Å². The SMILES string of the molecule is Nc1csc(NN=Cc2cc(I)c(Br)cc2F)n1. The number of rotatable bonds is 3. The summed E-state index contributed by atoms with van der Waals surface area (Å²) in [4.78, 5) is 3.96. The number of nitrogen functional groups attached to an aromatic ring is 1. The van der Waals surface area contributed by atoms with E-state index in [2.05, 4.69) is 54.0 Å². The van der Waals surface area contributed by atoms with Crippen LogP contribution < -0.4 is 11.2 Å². The van der Waals surface area contributed by atoms with Crippen molar-refractivity contribution < 1.29 is 4.39 Å². The van der Waals surface area contributed by atoms with E-state index in [1.54, 1.807) is 11.4 Å². The summed E-state index contributed by atoms with van der Waals surface area (Å²) in [6.07, 6.45) is 1.40. The molecule has 0 aliphatic carbocycles. The molecule has 2 aromatic rings. The van der Waals surface area contributed by atoms with Crippen LogP contribution in [0.1, 0.15) is 5.56 Å². The Morgan fingerprint density at radius 3 is 3.00 bits per heavy atom. The van der Waals surface area contributed by atoms with Gasteiger partial charge in [0.2, 0.25) is 5.13 Å². The molecular weight excluding hydrogens is 434 g/mol. The molecule has 0 aliphatic heterocycles. The summed E-state index contributed by atoms with van der Waals surface area (Å²) in [5, 5.41) is 6.18. The monoisotopic (exact) mass is 440 g/mol. The summed E-state index contributed by atoms with van der Waals surface area (Å²) in [6.45, 7) is 0. The van der Waals surface area contributed by atoms with Gasteiger partial charge in [-0.25, -0.2) is 9.37 Å². The van der Waals surface area contributed by atoms with Gasteiger partial charge in [-0.1, -0.05) is 0 Å². The molecule has 94 valence electrons. The van der Waals surface area contributed by atoms with Gasteiger partial charge in [0.05, 0.1) is 6.21 Å². The summed E-state index contributed by atoms with van der Waals surface area (Å²) in [7, 11) is 0. The van der Waals surface area contributed by atoms with Gasteiger partial charge in [-0.3, -0.25) is 5.43 Å². The van der Waals surface area contributed by atoms with Crippen molar-refractivity contribution in [2.45, 2.75) is 0 Å². The maximum atomic E-state index is 13.6. The van der Waals surface area contributed by atoms with Crippen LogP contribution in [0.4, 0.5) is 15.3 Å². The standard InChI is InChI=1S/C10H7BrFIN4S/c11-6-2-7(12)5(1-8(6)13)3-15-17-10-16-9(14)4-18-10/h1-4H,14H2,(H,16,17). The predicted molar refractivity (Wildman–Crippen MR) is 84.6 cm³/mol. The van der Waals surface area contributed by atoms with Crippen LogP contribution in [0.2, 0.25) is 0 Å². The normalized spacial score (nSPS) is 11.1. The Bertz CT molecular complexity index is 602. The van der Waals surface area contributed by atoms with E-state index in [0.29, 0.717) is 16.5 Å². The molecule has 0 spiro atoms. The first-order valence-corrected chi connectivity index (χ1v) is 7.46. The number of nitrogens with two attached hydrogens (primary N) is 1. The molecule has 1 aromatic heterocycles. The molecule has 0 unspecified atom stereocenters. The van der Waals surface area contributed by atoms with Crippen LogP contribution in [0.25, 0.3) is 0 Å². The first-order valence-electron chi connectivity index (χ1n) is 4.71. The van der Waals surface area contributed by atoms with Gasteiger partial charge in [-0.2, -0.15) is 5.10 Å². The topological polar surface area (TPSA) is 63.3 Å². The minimum Gasteiger partial charge on any atom is -0.383 e. The Morgan fingerprint density at radius 1 is 1.56 bits per heavy atom. The Morgan fingerprint density at radius 2 is 2.33 bits per heavy atom. The maximum absolute atomic E-state index is 13.6. The Kier molecular flexibility index (Phi) is 4.51. The first-order chi connectivity index (χ1) is 8.56. The highest BCUT2D eigenvalue weighted by atomic mass is 127. The van der Waals surface area contributed by atoms with Crippen LogP contribution in [0, 0.1) is 9.39 Å². The lowest BCUT2D eigenvalue weighted by molar-refractivity contribution is 0.624. The van der Waals surface area contributed by atoms with Crippen LogP contribution in [0.3, 0.4) is 0 Å². The van der Waals surface area contributed by atoms with Crippen molar-refractivity contribution in [3.63, 3.8) is 0 Å². The van der Waals surface area contributed by atoms with Gasteiger partial charge in [0.15, 0.2) is 0 Å². The zero-order valence-electron chi connectivity index (χ0n) is 8.82. The number of halogens is 3. The van der Waals surface area contributed by atoms with Crippen LogP contribution in [0.5, 0.6) is 0 Å². The van der Waals surface area contributed by atoms with Gasteiger partial charge >= 0.3 is 0 Å². The van der Waals surface area contributed by atoms with Crippen LogP contribution >= 0.6 is 49.9 Å². The largest absolute Gasteiger partial charge is 0.383 e. The molecular formula is C10H7BrFIN4S. The van der Waals surface area contributed by atoms with Crippen molar-refractivity contribution in [2.24, 2.45) is 5.10 Å². The van der Waals surface area contributed by atoms with Crippen LogP contribution in [-0.2, 0) is 0 Å². The lowest BCUT2D eigenvalue weighted by Gasteiger charge is -2.00. The number of aromatic nitrogens is 1. The third-order valence-electron chi connectivity index (χ3n) is 1.93. The van der Waals surface area contributed by atoms with E-state index in [0.717, 1.165) is 8.04 Å². The number of nitrogens with zero attached hydrogens (tertiary/aromatic N) is 2. The van der Waals surface area contributed by atoms with E-state index in [9.17, 15) is 4.39 Å². The minimum atomic E-state index is -0.341. The molecule has 2 rings (SSSR count). The molecule has 0 saturated heterocycles. The average molecular weight is 441 g/mol. The average Bonchev–Trinajstić information content (AvgIpc) is 2.71. The lowest BCUT2D eigenvalue weighted by atomic mass is 10.2. The van der Waals surface area contributed by atoms with E-state index in [-0.39, 0.29) is 5.82 Å². The highest BCUT2D eigenvalue weighted by molar-refractivity contribution is 14.1. The smallest absolute Gasteiger partial charge is 0.205 e. The second-order valence-corrected chi connectivity index (χ2v) is 6.11. The number of hydrogen-bond acceptors (Lipinski definition) is 5. The predicted octanol–water partition coefficient (Wildman–Crippen LogP) is 3.68. The van der Waals surface area contributed by atoms with Crippen molar-refractivity contribution in [1.29, 1.82) is 0 Å². The van der Waals surface area contributed by atoms with Crippen LogP contribution in [-0.4, -0.2) is 11.2 Å². The molecule has 18 heavy (non-hydrogen) atoms. The van der Waals surface area contributed by atoms with Crippen molar-refractivity contribution >= 4 is 67.0 Å². The molecule has 4 nitrogen and oxygen atoms in total. The third-order valence-corrected chi connectivity index (χ3v) is 4.98. The zero-order chi connectivity index (χ0) is 13.1. The van der Waals surface area contributed by atoms with Crippen molar-refractivity contribution in [2.75, 3.05) is 11.2 Å². The summed E-state index contributed by atoms with van der Waals surface area (Å²) < 4.78 is 15.2. The molecule has 3 N–H and O–H groups in total. The highest BCUT2D eigenvalue weighted by Crippen LogP contribution is 2.22. The first kappa shape index (κ1) is 13.7. The molecule has 8 heteroatoms. The number of benzene rings is 1. The summed E-state index contributed by atoms with van der Waals surface area (Å²) in [5.74, 6) is 0.0913. The molecule has 0 aliphatic rings. The summed E-state index contributed by atoms with van der Waals surface area (Å²) >= 11 is 6.70. The van der Waals surface area contributed by atoms with Crippen molar-refractivity contribution in [3.8, 4) is 0 Å².